The quantitative estimate of drug-likeness (QED) is 0.125. The molecule has 3 aromatic heterocycles. The molecule has 0 aliphatic rings. The summed E-state index contributed by atoms with van der Waals surface area (Å²) in [7, 11) is 1.67. The Balaban J connectivity index is 1.67. The summed E-state index contributed by atoms with van der Waals surface area (Å²) in [4.78, 5) is 7.15. The van der Waals surface area contributed by atoms with Crippen LogP contribution in [0, 0.1) is 0 Å². The lowest BCUT2D eigenvalue weighted by Gasteiger charge is -2.19. The normalized spacial score (nSPS) is 12.4. The molecule has 0 aliphatic carbocycles. The largest absolute Gasteiger partial charge is 0.496 e. The van der Waals surface area contributed by atoms with Gasteiger partial charge in [0, 0.05) is 23.7 Å². The lowest BCUT2D eigenvalue weighted by atomic mass is 9.91. The molecule has 0 atom stereocenters. The average molecular weight is 593 g/mol. The van der Waals surface area contributed by atoms with E-state index < -0.39 is 0 Å². The van der Waals surface area contributed by atoms with E-state index in [0.717, 1.165) is 46.7 Å². The number of hydrogen-bond donors (Lipinski definition) is 0. The summed E-state index contributed by atoms with van der Waals surface area (Å²) < 4.78 is 13.7. The van der Waals surface area contributed by atoms with Gasteiger partial charge in [-0.25, -0.2) is 4.98 Å². The molecule has 228 valence electrons. The zero-order chi connectivity index (χ0) is 30.1. The molecule has 0 fully saturated rings. The molecule has 0 radical (unpaired) electrons. The van der Waals surface area contributed by atoms with E-state index in [1.807, 2.05) is 28.9 Å². The van der Waals surface area contributed by atoms with E-state index in [-0.39, 0.29) is 5.41 Å². The van der Waals surface area contributed by atoms with Crippen LogP contribution >= 0.6 is 11.3 Å². The van der Waals surface area contributed by atoms with Crippen molar-refractivity contribution in [2.45, 2.75) is 98.3 Å². The van der Waals surface area contributed by atoms with Gasteiger partial charge in [-0.05, 0) is 44.0 Å². The maximum absolute atomic E-state index is 6.13. The number of fused-ring (bicyclic) bond motifs is 1. The first-order chi connectivity index (χ1) is 20.3. The standard InChI is InChI=1S/C33H48N6O2S/c1-8-11-13-14-15-16-20-41-24-17-18-27(40-7)25(21-24)31-35-36-32-26(30(33(4,5)6)37-39(31)32)22-28-34-23-29(42-28)38(10-3)19-12-9-2/h17-18,21-23H,8-16,19-20H2,1-7H3. The molecule has 0 bridgehead atoms. The zero-order valence-electron chi connectivity index (χ0n) is 26.6. The van der Waals surface area contributed by atoms with E-state index in [1.54, 1.807) is 18.4 Å². The van der Waals surface area contributed by atoms with Gasteiger partial charge in [0.25, 0.3) is 0 Å². The van der Waals surface area contributed by atoms with Gasteiger partial charge in [-0.2, -0.15) is 9.61 Å². The molecule has 0 unspecified atom stereocenters. The number of benzene rings is 1. The summed E-state index contributed by atoms with van der Waals surface area (Å²) in [6, 6.07) is 5.88. The summed E-state index contributed by atoms with van der Waals surface area (Å²) in [5.41, 5.74) is 2.27. The van der Waals surface area contributed by atoms with Crippen molar-refractivity contribution in [2.75, 3.05) is 31.7 Å². The third-order valence-electron chi connectivity index (χ3n) is 7.48. The number of hydrogen-bond acceptors (Lipinski definition) is 8. The monoisotopic (exact) mass is 592 g/mol. The minimum absolute atomic E-state index is 0.202. The zero-order valence-corrected chi connectivity index (χ0v) is 27.4. The number of aromatic nitrogens is 5. The summed E-state index contributed by atoms with van der Waals surface area (Å²) >= 11 is 1.71. The Morgan fingerprint density at radius 3 is 2.45 bits per heavy atom. The van der Waals surface area contributed by atoms with Crippen LogP contribution < -0.4 is 19.6 Å². The van der Waals surface area contributed by atoms with E-state index in [4.69, 9.17) is 19.6 Å². The summed E-state index contributed by atoms with van der Waals surface area (Å²) in [5.74, 6) is 2.14. The molecule has 8 nitrogen and oxygen atoms in total. The average Bonchev–Trinajstić information content (AvgIpc) is 3.69. The Labute approximate surface area is 255 Å². The van der Waals surface area contributed by atoms with Crippen LogP contribution in [0.15, 0.2) is 24.4 Å². The van der Waals surface area contributed by atoms with Crippen LogP contribution in [0.25, 0.3) is 23.1 Å². The van der Waals surface area contributed by atoms with Crippen molar-refractivity contribution in [2.24, 2.45) is 0 Å². The molecule has 3 heterocycles. The van der Waals surface area contributed by atoms with E-state index >= 15 is 0 Å². The lowest BCUT2D eigenvalue weighted by molar-refractivity contribution is 0.304. The van der Waals surface area contributed by atoms with Gasteiger partial charge in [-0.15, -0.1) is 10.2 Å². The van der Waals surface area contributed by atoms with E-state index in [1.165, 1.54) is 49.9 Å². The first kappa shape index (κ1) is 31.7. The van der Waals surface area contributed by atoms with Crippen molar-refractivity contribution in [3.05, 3.63) is 40.3 Å². The first-order valence-corrected chi connectivity index (χ1v) is 16.4. The van der Waals surface area contributed by atoms with Gasteiger partial charge in [0.2, 0.25) is 0 Å². The minimum atomic E-state index is -0.202. The predicted octanol–water partition coefficient (Wildman–Crippen LogP) is 7.47. The Morgan fingerprint density at radius 2 is 1.74 bits per heavy atom. The Bertz CT molecular complexity index is 1470. The summed E-state index contributed by atoms with van der Waals surface area (Å²) in [6.45, 7) is 15.9. The van der Waals surface area contributed by atoms with Crippen molar-refractivity contribution in [3.8, 4) is 22.9 Å². The van der Waals surface area contributed by atoms with Crippen LogP contribution in [0.2, 0.25) is 0 Å². The number of ether oxygens (including phenoxy) is 2. The molecule has 0 amide bonds. The fourth-order valence-electron chi connectivity index (χ4n) is 5.07. The van der Waals surface area contributed by atoms with Crippen molar-refractivity contribution in [1.29, 1.82) is 0 Å². The van der Waals surface area contributed by atoms with Gasteiger partial charge in [-0.1, -0.05) is 84.5 Å². The highest BCUT2D eigenvalue weighted by Gasteiger charge is 2.25. The minimum Gasteiger partial charge on any atom is -0.496 e. The molecule has 0 spiro atoms. The fourth-order valence-corrected chi connectivity index (χ4v) is 6.02. The van der Waals surface area contributed by atoms with Crippen LogP contribution in [0.4, 0.5) is 5.00 Å². The molecular formula is C33H48N6O2S. The smallest absolute Gasteiger partial charge is 0.189 e. The molecule has 0 aliphatic heterocycles. The topological polar surface area (TPSA) is 77.7 Å². The molecule has 42 heavy (non-hydrogen) atoms. The number of unbranched alkanes of at least 4 members (excludes halogenated alkanes) is 6. The second-order valence-electron chi connectivity index (χ2n) is 11.9. The van der Waals surface area contributed by atoms with Gasteiger partial charge in [0.1, 0.15) is 21.5 Å². The van der Waals surface area contributed by atoms with Crippen molar-refractivity contribution >= 4 is 28.1 Å². The number of methoxy groups -OCH3 is 1. The highest BCUT2D eigenvalue weighted by molar-refractivity contribution is 7.16. The predicted molar refractivity (Wildman–Crippen MR) is 174 cm³/mol. The van der Waals surface area contributed by atoms with Crippen molar-refractivity contribution in [3.63, 3.8) is 0 Å². The van der Waals surface area contributed by atoms with Crippen LogP contribution in [0.3, 0.4) is 0 Å². The highest BCUT2D eigenvalue weighted by atomic mass is 32.1. The van der Waals surface area contributed by atoms with Gasteiger partial charge < -0.3 is 14.4 Å². The number of nitrogens with zero attached hydrogens (tertiary/aromatic N) is 6. The highest BCUT2D eigenvalue weighted by Crippen LogP contribution is 2.33. The van der Waals surface area contributed by atoms with Crippen LogP contribution in [-0.4, -0.2) is 51.6 Å². The molecule has 0 saturated carbocycles. The van der Waals surface area contributed by atoms with Gasteiger partial charge >= 0.3 is 0 Å². The van der Waals surface area contributed by atoms with Crippen LogP contribution in [0.1, 0.15) is 104 Å². The molecule has 1 aromatic carbocycles. The number of thiazole rings is 1. The third kappa shape index (κ3) is 7.60. The van der Waals surface area contributed by atoms with Crippen molar-refractivity contribution < 1.29 is 9.47 Å². The Hall–Kier alpha value is -3.20. The van der Waals surface area contributed by atoms with E-state index in [0.29, 0.717) is 23.8 Å². The van der Waals surface area contributed by atoms with Crippen LogP contribution in [-0.2, 0) is 5.41 Å². The molecule has 0 N–H and O–H groups in total. The molecule has 0 saturated heterocycles. The van der Waals surface area contributed by atoms with E-state index in [2.05, 4.69) is 62.7 Å². The van der Waals surface area contributed by atoms with Gasteiger partial charge in [0.05, 0.1) is 31.2 Å². The SMILES string of the molecule is CCCCCCCCOc1ccc(OC)c(-c2nnc3c(=Cc4ncc(N(CC)CCCC)s4)c(C(C)(C)C)nn23)c1. The number of anilines is 1. The second-order valence-corrected chi connectivity index (χ2v) is 12.9. The third-order valence-corrected chi connectivity index (χ3v) is 8.48. The number of rotatable bonds is 16. The molecular weight excluding hydrogens is 544 g/mol. The Kier molecular flexibility index (Phi) is 11.2. The van der Waals surface area contributed by atoms with Crippen molar-refractivity contribution in [1.82, 2.24) is 24.8 Å². The first-order valence-electron chi connectivity index (χ1n) is 15.6. The van der Waals surface area contributed by atoms with Crippen LogP contribution in [0.5, 0.6) is 11.5 Å². The summed E-state index contributed by atoms with van der Waals surface area (Å²) in [6.07, 6.45) is 13.8. The van der Waals surface area contributed by atoms with E-state index in [9.17, 15) is 0 Å². The Morgan fingerprint density at radius 1 is 0.976 bits per heavy atom. The molecule has 4 rings (SSSR count). The second kappa shape index (κ2) is 14.8. The maximum Gasteiger partial charge on any atom is 0.189 e. The summed E-state index contributed by atoms with van der Waals surface area (Å²) in [5, 5.41) is 17.4. The maximum atomic E-state index is 6.13. The lowest BCUT2D eigenvalue weighted by Crippen LogP contribution is -2.22. The van der Waals surface area contributed by atoms with Gasteiger partial charge in [-0.3, -0.25) is 0 Å². The molecule has 4 aromatic rings. The fraction of sp³-hybridized carbons (Fsp3) is 0.576. The van der Waals surface area contributed by atoms with Gasteiger partial charge in [0.15, 0.2) is 11.5 Å². The molecule has 9 heteroatoms.